The van der Waals surface area contributed by atoms with Crippen molar-refractivity contribution in [2.75, 3.05) is 11.9 Å². The van der Waals surface area contributed by atoms with Crippen LogP contribution in [0.25, 0.3) is 0 Å². The quantitative estimate of drug-likeness (QED) is 0.749. The number of carbonyl (C=O) groups excluding carboxylic acids is 1. The van der Waals surface area contributed by atoms with Crippen LogP contribution < -0.4 is 11.1 Å². The summed E-state index contributed by atoms with van der Waals surface area (Å²) in [6, 6.07) is 3.50. The number of pyridine rings is 1. The minimum atomic E-state index is -0.108. The highest BCUT2D eigenvalue weighted by Crippen LogP contribution is 2.07. The van der Waals surface area contributed by atoms with E-state index in [1.807, 2.05) is 6.92 Å². The molecule has 1 amide bonds. The third-order valence-corrected chi connectivity index (χ3v) is 2.10. The van der Waals surface area contributed by atoms with Gasteiger partial charge in [-0.2, -0.15) is 0 Å². The van der Waals surface area contributed by atoms with Gasteiger partial charge < -0.3 is 11.1 Å². The molecule has 14 heavy (non-hydrogen) atoms. The van der Waals surface area contributed by atoms with Crippen LogP contribution >= 0.6 is 0 Å². The van der Waals surface area contributed by atoms with E-state index in [1.165, 1.54) is 0 Å². The Balaban J connectivity index is 2.57. The Labute approximate surface area is 83.5 Å². The predicted molar refractivity (Wildman–Crippen MR) is 55.7 cm³/mol. The van der Waals surface area contributed by atoms with Gasteiger partial charge in [0.1, 0.15) is 0 Å². The second kappa shape index (κ2) is 5.34. The van der Waals surface area contributed by atoms with Gasteiger partial charge in [0, 0.05) is 24.6 Å². The molecule has 4 heteroatoms. The van der Waals surface area contributed by atoms with Crippen LogP contribution in [0.2, 0.25) is 0 Å². The van der Waals surface area contributed by atoms with Gasteiger partial charge in [-0.05, 0) is 18.6 Å². The molecule has 1 unspecified atom stereocenters. The smallest absolute Gasteiger partial charge is 0.228 e. The molecule has 0 aliphatic carbocycles. The Bertz CT molecular complexity index is 283. The van der Waals surface area contributed by atoms with E-state index in [0.29, 0.717) is 6.54 Å². The minimum absolute atomic E-state index is 0.0267. The molecule has 0 aliphatic heterocycles. The van der Waals surface area contributed by atoms with Crippen LogP contribution in [0.4, 0.5) is 5.69 Å². The summed E-state index contributed by atoms with van der Waals surface area (Å²) in [4.78, 5) is 15.4. The van der Waals surface area contributed by atoms with E-state index < -0.39 is 0 Å². The van der Waals surface area contributed by atoms with Crippen molar-refractivity contribution in [1.82, 2.24) is 4.98 Å². The average molecular weight is 193 g/mol. The van der Waals surface area contributed by atoms with Gasteiger partial charge in [0.05, 0.1) is 5.92 Å². The summed E-state index contributed by atoms with van der Waals surface area (Å²) >= 11 is 0. The van der Waals surface area contributed by atoms with Crippen LogP contribution in [0.5, 0.6) is 0 Å². The van der Waals surface area contributed by atoms with Gasteiger partial charge in [-0.1, -0.05) is 6.92 Å². The maximum Gasteiger partial charge on any atom is 0.228 e. The highest BCUT2D eigenvalue weighted by molar-refractivity contribution is 5.92. The molecule has 0 spiro atoms. The van der Waals surface area contributed by atoms with Crippen molar-refractivity contribution in [3.05, 3.63) is 24.5 Å². The summed E-state index contributed by atoms with van der Waals surface area (Å²) in [5.41, 5.74) is 6.23. The van der Waals surface area contributed by atoms with Gasteiger partial charge in [-0.25, -0.2) is 0 Å². The van der Waals surface area contributed by atoms with Crippen molar-refractivity contribution in [2.45, 2.75) is 13.3 Å². The number of anilines is 1. The molecule has 0 bridgehead atoms. The molecule has 0 aliphatic rings. The first-order chi connectivity index (χ1) is 6.77. The number of amides is 1. The zero-order chi connectivity index (χ0) is 10.4. The second-order valence-electron chi connectivity index (χ2n) is 3.07. The lowest BCUT2D eigenvalue weighted by Gasteiger charge is -2.12. The average Bonchev–Trinajstić information content (AvgIpc) is 2.21. The summed E-state index contributed by atoms with van der Waals surface area (Å²) in [6.45, 7) is 2.33. The number of hydrogen-bond donors (Lipinski definition) is 2. The third-order valence-electron chi connectivity index (χ3n) is 2.10. The number of nitrogens with zero attached hydrogens (tertiary/aromatic N) is 1. The zero-order valence-electron chi connectivity index (χ0n) is 8.23. The summed E-state index contributed by atoms with van der Waals surface area (Å²) < 4.78 is 0. The zero-order valence-corrected chi connectivity index (χ0v) is 8.23. The Morgan fingerprint density at radius 3 is 2.71 bits per heavy atom. The minimum Gasteiger partial charge on any atom is -0.330 e. The molecule has 1 aromatic rings. The number of aromatic nitrogens is 1. The summed E-state index contributed by atoms with van der Waals surface area (Å²) in [5.74, 6) is -0.135. The van der Waals surface area contributed by atoms with Crippen molar-refractivity contribution in [3.63, 3.8) is 0 Å². The Kier molecular flexibility index (Phi) is 4.07. The van der Waals surface area contributed by atoms with Crippen molar-refractivity contribution in [1.29, 1.82) is 0 Å². The number of rotatable bonds is 4. The van der Waals surface area contributed by atoms with Crippen LogP contribution in [0.15, 0.2) is 24.5 Å². The lowest BCUT2D eigenvalue weighted by molar-refractivity contribution is -0.119. The van der Waals surface area contributed by atoms with Crippen LogP contribution in [0, 0.1) is 5.92 Å². The highest BCUT2D eigenvalue weighted by Gasteiger charge is 2.13. The van der Waals surface area contributed by atoms with Crippen LogP contribution in [0.1, 0.15) is 13.3 Å². The van der Waals surface area contributed by atoms with Gasteiger partial charge >= 0.3 is 0 Å². The standard InChI is InChI=1S/C10H15N3O/c1-2-8(7-11)10(14)13-9-3-5-12-6-4-9/h3-6,8H,2,7,11H2,1H3,(H,12,13,14). The molecule has 3 N–H and O–H groups in total. The number of nitrogens with one attached hydrogen (secondary N) is 1. The molecule has 1 atom stereocenters. The fraction of sp³-hybridized carbons (Fsp3) is 0.400. The first-order valence-electron chi connectivity index (χ1n) is 4.69. The number of carbonyl (C=O) groups is 1. The summed E-state index contributed by atoms with van der Waals surface area (Å²) in [7, 11) is 0. The summed E-state index contributed by atoms with van der Waals surface area (Å²) in [5, 5.41) is 2.78. The highest BCUT2D eigenvalue weighted by atomic mass is 16.1. The Morgan fingerprint density at radius 2 is 2.21 bits per heavy atom. The Morgan fingerprint density at radius 1 is 1.57 bits per heavy atom. The molecular weight excluding hydrogens is 178 g/mol. The topological polar surface area (TPSA) is 68.0 Å². The van der Waals surface area contributed by atoms with Gasteiger partial charge in [-0.15, -0.1) is 0 Å². The molecule has 1 rings (SSSR count). The Hall–Kier alpha value is -1.42. The van der Waals surface area contributed by atoms with E-state index in [1.54, 1.807) is 24.5 Å². The third kappa shape index (κ3) is 2.81. The second-order valence-corrected chi connectivity index (χ2v) is 3.07. The lowest BCUT2D eigenvalue weighted by Crippen LogP contribution is -2.28. The molecule has 0 aromatic carbocycles. The molecule has 4 nitrogen and oxygen atoms in total. The molecule has 0 saturated carbocycles. The maximum absolute atomic E-state index is 11.6. The lowest BCUT2D eigenvalue weighted by atomic mass is 10.1. The largest absolute Gasteiger partial charge is 0.330 e. The van der Waals surface area contributed by atoms with Crippen LogP contribution in [-0.4, -0.2) is 17.4 Å². The van der Waals surface area contributed by atoms with E-state index in [9.17, 15) is 4.79 Å². The molecule has 1 heterocycles. The predicted octanol–water partition coefficient (Wildman–Crippen LogP) is 1.00. The monoisotopic (exact) mass is 193 g/mol. The first-order valence-corrected chi connectivity index (χ1v) is 4.69. The SMILES string of the molecule is CCC(CN)C(=O)Nc1ccncc1. The van der Waals surface area contributed by atoms with E-state index in [4.69, 9.17) is 5.73 Å². The van der Waals surface area contributed by atoms with Crippen LogP contribution in [0.3, 0.4) is 0 Å². The van der Waals surface area contributed by atoms with Crippen molar-refractivity contribution >= 4 is 11.6 Å². The van der Waals surface area contributed by atoms with Crippen molar-refractivity contribution in [3.8, 4) is 0 Å². The van der Waals surface area contributed by atoms with E-state index in [2.05, 4.69) is 10.3 Å². The molecule has 76 valence electrons. The van der Waals surface area contributed by atoms with Gasteiger partial charge in [0.15, 0.2) is 0 Å². The summed E-state index contributed by atoms with van der Waals surface area (Å²) in [6.07, 6.45) is 4.03. The number of hydrogen-bond acceptors (Lipinski definition) is 3. The van der Waals surface area contributed by atoms with E-state index >= 15 is 0 Å². The maximum atomic E-state index is 11.6. The van der Waals surface area contributed by atoms with Gasteiger partial charge in [0.25, 0.3) is 0 Å². The van der Waals surface area contributed by atoms with Crippen LogP contribution in [-0.2, 0) is 4.79 Å². The molecular formula is C10H15N3O. The molecule has 1 aromatic heterocycles. The van der Waals surface area contributed by atoms with E-state index in [0.717, 1.165) is 12.1 Å². The van der Waals surface area contributed by atoms with Crippen molar-refractivity contribution in [2.24, 2.45) is 11.7 Å². The van der Waals surface area contributed by atoms with Gasteiger partial charge in [-0.3, -0.25) is 9.78 Å². The fourth-order valence-electron chi connectivity index (χ4n) is 1.14. The normalized spacial score (nSPS) is 12.1. The first kappa shape index (κ1) is 10.7. The number of nitrogens with two attached hydrogens (primary N) is 1. The molecule has 0 fully saturated rings. The van der Waals surface area contributed by atoms with Gasteiger partial charge in [0.2, 0.25) is 5.91 Å². The fourth-order valence-corrected chi connectivity index (χ4v) is 1.14. The van der Waals surface area contributed by atoms with E-state index in [-0.39, 0.29) is 11.8 Å². The molecule has 0 radical (unpaired) electrons. The van der Waals surface area contributed by atoms with Crippen molar-refractivity contribution < 1.29 is 4.79 Å². The molecule has 0 saturated heterocycles.